The Labute approximate surface area is 131 Å². The van der Waals surface area contributed by atoms with Crippen LogP contribution in [-0.4, -0.2) is 35.5 Å². The van der Waals surface area contributed by atoms with Crippen LogP contribution in [0.25, 0.3) is 0 Å². The largest absolute Gasteiger partial charge is 0.444 e. The SMILES string of the molecule is CN(C(=O)OC(C)(C)C)C(C)(C=O)CCc1ccc(F)cc1. The van der Waals surface area contributed by atoms with Crippen LogP contribution in [-0.2, 0) is 16.0 Å². The van der Waals surface area contributed by atoms with Crippen LogP contribution < -0.4 is 0 Å². The van der Waals surface area contributed by atoms with Gasteiger partial charge in [-0.15, -0.1) is 0 Å². The van der Waals surface area contributed by atoms with Gasteiger partial charge in [-0.25, -0.2) is 9.18 Å². The summed E-state index contributed by atoms with van der Waals surface area (Å²) in [4.78, 5) is 24.9. The van der Waals surface area contributed by atoms with E-state index in [0.717, 1.165) is 11.8 Å². The highest BCUT2D eigenvalue weighted by Crippen LogP contribution is 2.21. The lowest BCUT2D eigenvalue weighted by molar-refractivity contribution is -0.117. The Morgan fingerprint density at radius 2 is 1.77 bits per heavy atom. The maximum atomic E-state index is 12.9. The smallest absolute Gasteiger partial charge is 0.410 e. The van der Waals surface area contributed by atoms with Gasteiger partial charge in [0.2, 0.25) is 0 Å². The van der Waals surface area contributed by atoms with Crippen LogP contribution in [0.2, 0.25) is 0 Å². The van der Waals surface area contributed by atoms with E-state index in [1.54, 1.807) is 46.9 Å². The van der Waals surface area contributed by atoms with Gasteiger partial charge in [0.1, 0.15) is 17.7 Å². The second-order valence-electron chi connectivity index (χ2n) is 6.64. The fraction of sp³-hybridized carbons (Fsp3) is 0.529. The lowest BCUT2D eigenvalue weighted by Gasteiger charge is -2.35. The van der Waals surface area contributed by atoms with Crippen LogP contribution >= 0.6 is 0 Å². The van der Waals surface area contributed by atoms with Gasteiger partial charge in [0.15, 0.2) is 0 Å². The van der Waals surface area contributed by atoms with Gasteiger partial charge in [-0.05, 0) is 58.2 Å². The van der Waals surface area contributed by atoms with Crippen molar-refractivity contribution in [2.24, 2.45) is 0 Å². The van der Waals surface area contributed by atoms with Crippen molar-refractivity contribution in [2.45, 2.75) is 51.7 Å². The van der Waals surface area contributed by atoms with Crippen LogP contribution in [0.3, 0.4) is 0 Å². The Bertz CT molecular complexity index is 522. The summed E-state index contributed by atoms with van der Waals surface area (Å²) in [5.41, 5.74) is -0.685. The third-order valence-electron chi connectivity index (χ3n) is 3.52. The van der Waals surface area contributed by atoms with Crippen molar-refractivity contribution in [3.05, 3.63) is 35.6 Å². The highest BCUT2D eigenvalue weighted by Gasteiger charge is 2.34. The second kappa shape index (κ2) is 6.90. The first-order chi connectivity index (χ1) is 10.1. The number of aldehydes is 1. The van der Waals surface area contributed by atoms with Gasteiger partial charge in [0, 0.05) is 7.05 Å². The van der Waals surface area contributed by atoms with Crippen LogP contribution in [0.5, 0.6) is 0 Å². The number of carbonyl (C=O) groups excluding carboxylic acids is 2. The number of amides is 1. The van der Waals surface area contributed by atoms with Gasteiger partial charge >= 0.3 is 6.09 Å². The van der Waals surface area contributed by atoms with Gasteiger partial charge in [-0.2, -0.15) is 0 Å². The predicted molar refractivity (Wildman–Crippen MR) is 83.2 cm³/mol. The van der Waals surface area contributed by atoms with E-state index in [-0.39, 0.29) is 5.82 Å². The van der Waals surface area contributed by atoms with Crippen LogP contribution in [0.1, 0.15) is 39.7 Å². The van der Waals surface area contributed by atoms with Crippen molar-refractivity contribution in [2.75, 3.05) is 7.05 Å². The summed E-state index contributed by atoms with van der Waals surface area (Å²) in [6.07, 6.45) is 1.20. The normalized spacial score (nSPS) is 14.1. The molecule has 1 atom stereocenters. The van der Waals surface area contributed by atoms with Crippen molar-refractivity contribution >= 4 is 12.4 Å². The minimum atomic E-state index is -0.975. The zero-order valence-electron chi connectivity index (χ0n) is 13.9. The summed E-state index contributed by atoms with van der Waals surface area (Å²) in [7, 11) is 1.55. The van der Waals surface area contributed by atoms with Gasteiger partial charge in [0.25, 0.3) is 0 Å². The Balaban J connectivity index is 2.75. The van der Waals surface area contributed by atoms with E-state index in [9.17, 15) is 14.0 Å². The fourth-order valence-corrected chi connectivity index (χ4v) is 1.89. The Morgan fingerprint density at radius 3 is 2.23 bits per heavy atom. The van der Waals surface area contributed by atoms with Gasteiger partial charge < -0.3 is 9.53 Å². The topological polar surface area (TPSA) is 46.6 Å². The number of benzene rings is 1. The molecular weight excluding hydrogens is 285 g/mol. The number of halogens is 1. The molecule has 0 spiro atoms. The van der Waals surface area contributed by atoms with Gasteiger partial charge in [-0.1, -0.05) is 12.1 Å². The van der Waals surface area contributed by atoms with E-state index in [0.29, 0.717) is 12.8 Å². The van der Waals surface area contributed by atoms with E-state index in [1.807, 2.05) is 0 Å². The molecule has 0 radical (unpaired) electrons. The van der Waals surface area contributed by atoms with E-state index >= 15 is 0 Å². The first kappa shape index (κ1) is 18.1. The molecule has 5 heteroatoms. The molecule has 0 saturated carbocycles. The number of nitrogens with zero attached hydrogens (tertiary/aromatic N) is 1. The van der Waals surface area contributed by atoms with E-state index in [4.69, 9.17) is 4.74 Å². The van der Waals surface area contributed by atoms with Gasteiger partial charge in [-0.3, -0.25) is 4.90 Å². The third-order valence-corrected chi connectivity index (χ3v) is 3.52. The van der Waals surface area contributed by atoms with Crippen LogP contribution in [0, 0.1) is 5.82 Å². The molecule has 4 nitrogen and oxygen atoms in total. The quantitative estimate of drug-likeness (QED) is 0.781. The molecule has 0 aliphatic heterocycles. The molecule has 0 fully saturated rings. The Hall–Kier alpha value is -1.91. The summed E-state index contributed by atoms with van der Waals surface area (Å²) >= 11 is 0. The molecule has 0 aliphatic rings. The maximum absolute atomic E-state index is 12.9. The molecule has 0 saturated heterocycles. The first-order valence-corrected chi connectivity index (χ1v) is 7.25. The predicted octanol–water partition coefficient (Wildman–Crippen LogP) is 3.58. The molecule has 0 aromatic heterocycles. The molecule has 0 bridgehead atoms. The van der Waals surface area contributed by atoms with E-state index in [1.165, 1.54) is 17.0 Å². The molecule has 0 aliphatic carbocycles. The molecule has 0 heterocycles. The maximum Gasteiger partial charge on any atom is 0.410 e. The summed E-state index contributed by atoms with van der Waals surface area (Å²) < 4.78 is 18.2. The summed E-state index contributed by atoms with van der Waals surface area (Å²) in [5, 5.41) is 0. The van der Waals surface area contributed by atoms with Gasteiger partial charge in [0.05, 0.1) is 5.54 Å². The second-order valence-corrected chi connectivity index (χ2v) is 6.64. The van der Waals surface area contributed by atoms with Crippen molar-refractivity contribution in [3.8, 4) is 0 Å². The first-order valence-electron chi connectivity index (χ1n) is 7.25. The van der Waals surface area contributed by atoms with E-state index in [2.05, 4.69) is 0 Å². The number of likely N-dealkylation sites (N-methyl/N-ethyl adjacent to an activating group) is 1. The summed E-state index contributed by atoms with van der Waals surface area (Å²) in [5.74, 6) is -0.298. The molecule has 22 heavy (non-hydrogen) atoms. The number of hydrogen-bond donors (Lipinski definition) is 0. The zero-order chi connectivity index (χ0) is 17.0. The average molecular weight is 309 g/mol. The summed E-state index contributed by atoms with van der Waals surface area (Å²) in [6, 6.07) is 6.11. The number of rotatable bonds is 5. The molecule has 122 valence electrons. The lowest BCUT2D eigenvalue weighted by atomic mass is 9.93. The summed E-state index contributed by atoms with van der Waals surface area (Å²) in [6.45, 7) is 7.01. The van der Waals surface area contributed by atoms with E-state index < -0.39 is 17.2 Å². The Kier molecular flexibility index (Phi) is 5.69. The molecule has 1 unspecified atom stereocenters. The molecule has 1 aromatic rings. The van der Waals surface area contributed by atoms with Crippen molar-refractivity contribution in [3.63, 3.8) is 0 Å². The number of hydrogen-bond acceptors (Lipinski definition) is 3. The van der Waals surface area contributed by atoms with Crippen molar-refractivity contribution < 1.29 is 18.7 Å². The highest BCUT2D eigenvalue weighted by atomic mass is 19.1. The lowest BCUT2D eigenvalue weighted by Crippen LogP contribution is -2.50. The fourth-order valence-electron chi connectivity index (χ4n) is 1.89. The minimum Gasteiger partial charge on any atom is -0.444 e. The minimum absolute atomic E-state index is 0.298. The molecule has 1 aromatic carbocycles. The monoisotopic (exact) mass is 309 g/mol. The molecule has 0 N–H and O–H groups in total. The Morgan fingerprint density at radius 1 is 1.23 bits per heavy atom. The molecular formula is C17H24FNO3. The highest BCUT2D eigenvalue weighted by molar-refractivity contribution is 5.76. The zero-order valence-corrected chi connectivity index (χ0v) is 13.9. The number of carbonyl (C=O) groups is 2. The van der Waals surface area contributed by atoms with Crippen LogP contribution in [0.4, 0.5) is 9.18 Å². The molecule has 1 amide bonds. The van der Waals surface area contributed by atoms with Crippen molar-refractivity contribution in [1.29, 1.82) is 0 Å². The standard InChI is InChI=1S/C17H24FNO3/c1-16(2,3)22-15(21)19(5)17(4,12-20)11-10-13-6-8-14(18)9-7-13/h6-9,12H,10-11H2,1-5H3. The number of ether oxygens (including phenoxy) is 1. The molecule has 1 rings (SSSR count). The third kappa shape index (κ3) is 5.13. The average Bonchev–Trinajstić information content (AvgIpc) is 2.43. The van der Waals surface area contributed by atoms with Crippen LogP contribution in [0.15, 0.2) is 24.3 Å². The number of aryl methyl sites for hydroxylation is 1. The van der Waals surface area contributed by atoms with Crippen molar-refractivity contribution in [1.82, 2.24) is 4.90 Å².